The summed E-state index contributed by atoms with van der Waals surface area (Å²) in [6.45, 7) is 5.51. The van der Waals surface area contributed by atoms with Crippen molar-refractivity contribution in [1.29, 1.82) is 0 Å². The molecule has 0 radical (unpaired) electrons. The first kappa shape index (κ1) is 9.60. The molecule has 0 aliphatic heterocycles. The van der Waals surface area contributed by atoms with Crippen LogP contribution >= 0.6 is 0 Å². The molecule has 58 valence electrons. The fraction of sp³-hybridized carbons (Fsp3) is 0.222. The second kappa shape index (κ2) is 6.72. The normalized spacial score (nSPS) is 11.2. The van der Waals surface area contributed by atoms with Crippen molar-refractivity contribution in [3.05, 3.63) is 36.6 Å². The minimum Gasteiger partial charge on any atom is -0.211 e. The van der Waals surface area contributed by atoms with Crippen LogP contribution in [0.1, 0.15) is 13.3 Å². The molecule has 2 heteroatoms. The highest BCUT2D eigenvalue weighted by Gasteiger charge is 1.80. The quantitative estimate of drug-likeness (QED) is 0.343. The number of aliphatic imine (C=N–C) groups is 1. The SMILES string of the molecule is C=C/C(=C\C=C/CC)N=C=O. The summed E-state index contributed by atoms with van der Waals surface area (Å²) >= 11 is 0. The van der Waals surface area contributed by atoms with E-state index in [1.807, 2.05) is 19.1 Å². The Kier molecular flexibility index (Phi) is 5.86. The molecule has 0 spiro atoms. The van der Waals surface area contributed by atoms with Gasteiger partial charge in [-0.1, -0.05) is 25.7 Å². The van der Waals surface area contributed by atoms with E-state index in [4.69, 9.17) is 0 Å². The van der Waals surface area contributed by atoms with Crippen molar-refractivity contribution in [2.24, 2.45) is 4.99 Å². The standard InChI is InChI=1S/C9H11NO/c1-3-5-6-7-9(4-2)10-8-11/h4-7H,2-3H2,1H3/b6-5-,9-7+. The van der Waals surface area contributed by atoms with Crippen molar-refractivity contribution in [3.63, 3.8) is 0 Å². The maximum absolute atomic E-state index is 9.80. The number of hydrogen-bond acceptors (Lipinski definition) is 2. The summed E-state index contributed by atoms with van der Waals surface area (Å²) in [5.74, 6) is 0. The molecular weight excluding hydrogens is 138 g/mol. The third-order valence-electron chi connectivity index (χ3n) is 1.02. The van der Waals surface area contributed by atoms with Crippen LogP contribution in [0.4, 0.5) is 0 Å². The number of hydrogen-bond donors (Lipinski definition) is 0. The highest BCUT2D eigenvalue weighted by atomic mass is 16.1. The topological polar surface area (TPSA) is 29.4 Å². The highest BCUT2D eigenvalue weighted by Crippen LogP contribution is 1.96. The van der Waals surface area contributed by atoms with Gasteiger partial charge in [-0.15, -0.1) is 0 Å². The van der Waals surface area contributed by atoms with Gasteiger partial charge in [0.15, 0.2) is 0 Å². The van der Waals surface area contributed by atoms with E-state index >= 15 is 0 Å². The monoisotopic (exact) mass is 149 g/mol. The number of isocyanates is 1. The third-order valence-corrected chi connectivity index (χ3v) is 1.02. The minimum absolute atomic E-state index is 0.532. The average Bonchev–Trinajstić information content (AvgIpc) is 2.03. The zero-order chi connectivity index (χ0) is 8.53. The van der Waals surface area contributed by atoms with Crippen LogP contribution in [0.5, 0.6) is 0 Å². The highest BCUT2D eigenvalue weighted by molar-refractivity contribution is 5.40. The molecule has 0 N–H and O–H groups in total. The number of carbonyl (C=O) groups excluding carboxylic acids is 1. The summed E-state index contributed by atoms with van der Waals surface area (Å²) in [7, 11) is 0. The van der Waals surface area contributed by atoms with Crippen LogP contribution in [0.2, 0.25) is 0 Å². The zero-order valence-corrected chi connectivity index (χ0v) is 6.58. The van der Waals surface area contributed by atoms with Gasteiger partial charge in [0.2, 0.25) is 6.08 Å². The summed E-state index contributed by atoms with van der Waals surface area (Å²) < 4.78 is 0. The molecule has 0 amide bonds. The number of nitrogens with zero attached hydrogens (tertiary/aromatic N) is 1. The first-order chi connectivity index (χ1) is 5.35. The lowest BCUT2D eigenvalue weighted by molar-refractivity contribution is 0.565. The maximum Gasteiger partial charge on any atom is 0.240 e. The molecule has 0 aliphatic rings. The average molecular weight is 149 g/mol. The third kappa shape index (κ3) is 5.07. The van der Waals surface area contributed by atoms with E-state index in [1.165, 1.54) is 12.2 Å². The molecule has 0 heterocycles. The van der Waals surface area contributed by atoms with E-state index in [0.717, 1.165) is 6.42 Å². The Morgan fingerprint density at radius 1 is 1.73 bits per heavy atom. The molecule has 0 fully saturated rings. The lowest BCUT2D eigenvalue weighted by Crippen LogP contribution is -1.67. The minimum atomic E-state index is 0.532. The first-order valence-corrected chi connectivity index (χ1v) is 3.42. The molecule has 0 aromatic rings. The largest absolute Gasteiger partial charge is 0.240 e. The summed E-state index contributed by atoms with van der Waals surface area (Å²) in [6, 6.07) is 0. The summed E-state index contributed by atoms with van der Waals surface area (Å²) in [5, 5.41) is 0. The lowest BCUT2D eigenvalue weighted by atomic mass is 10.3. The fourth-order valence-corrected chi connectivity index (χ4v) is 0.506. The second-order valence-electron chi connectivity index (χ2n) is 1.84. The first-order valence-electron chi connectivity index (χ1n) is 3.42. The van der Waals surface area contributed by atoms with Gasteiger partial charge in [-0.3, -0.25) is 0 Å². The second-order valence-corrected chi connectivity index (χ2v) is 1.84. The number of rotatable bonds is 4. The van der Waals surface area contributed by atoms with E-state index in [-0.39, 0.29) is 0 Å². The Morgan fingerprint density at radius 2 is 2.45 bits per heavy atom. The van der Waals surface area contributed by atoms with Gasteiger partial charge in [-0.2, -0.15) is 4.99 Å². The van der Waals surface area contributed by atoms with E-state index in [9.17, 15) is 4.79 Å². The van der Waals surface area contributed by atoms with Gasteiger partial charge in [0, 0.05) is 0 Å². The Labute approximate surface area is 66.6 Å². The van der Waals surface area contributed by atoms with Crippen molar-refractivity contribution in [3.8, 4) is 0 Å². The van der Waals surface area contributed by atoms with Crippen LogP contribution in [0.3, 0.4) is 0 Å². The summed E-state index contributed by atoms with van der Waals surface area (Å²) in [5.41, 5.74) is 0.532. The van der Waals surface area contributed by atoms with E-state index in [2.05, 4.69) is 11.6 Å². The van der Waals surface area contributed by atoms with Crippen LogP contribution < -0.4 is 0 Å². The van der Waals surface area contributed by atoms with Gasteiger partial charge in [0.1, 0.15) is 0 Å². The van der Waals surface area contributed by atoms with Gasteiger partial charge in [-0.25, -0.2) is 4.79 Å². The van der Waals surface area contributed by atoms with Gasteiger partial charge in [-0.05, 0) is 18.6 Å². The Morgan fingerprint density at radius 3 is 2.91 bits per heavy atom. The van der Waals surface area contributed by atoms with E-state index < -0.39 is 0 Å². The van der Waals surface area contributed by atoms with Crippen LogP contribution in [0, 0.1) is 0 Å². The smallest absolute Gasteiger partial charge is 0.211 e. The molecule has 0 saturated carbocycles. The Balaban J connectivity index is 4.23. The van der Waals surface area contributed by atoms with Crippen molar-refractivity contribution in [2.45, 2.75) is 13.3 Å². The van der Waals surface area contributed by atoms with Crippen molar-refractivity contribution in [1.82, 2.24) is 0 Å². The van der Waals surface area contributed by atoms with Crippen LogP contribution in [0.15, 0.2) is 41.6 Å². The van der Waals surface area contributed by atoms with Gasteiger partial charge >= 0.3 is 0 Å². The van der Waals surface area contributed by atoms with Crippen LogP contribution in [-0.2, 0) is 4.79 Å². The molecule has 11 heavy (non-hydrogen) atoms. The summed E-state index contributed by atoms with van der Waals surface area (Å²) in [6.07, 6.45) is 9.42. The summed E-state index contributed by atoms with van der Waals surface area (Å²) in [4.78, 5) is 13.2. The van der Waals surface area contributed by atoms with Gasteiger partial charge < -0.3 is 0 Å². The van der Waals surface area contributed by atoms with Gasteiger partial charge in [0.05, 0.1) is 5.70 Å². The molecule has 2 nitrogen and oxygen atoms in total. The van der Waals surface area contributed by atoms with Gasteiger partial charge in [0.25, 0.3) is 0 Å². The predicted octanol–water partition coefficient (Wildman–Crippen LogP) is 2.36. The molecule has 0 bridgehead atoms. The van der Waals surface area contributed by atoms with Crippen LogP contribution in [-0.4, -0.2) is 6.08 Å². The molecule has 0 atom stereocenters. The van der Waals surface area contributed by atoms with Crippen LogP contribution in [0.25, 0.3) is 0 Å². The molecular formula is C9H11NO. The molecule has 0 aromatic heterocycles. The Bertz CT molecular complexity index is 220. The fourth-order valence-electron chi connectivity index (χ4n) is 0.506. The Hall–Kier alpha value is -1.40. The molecule has 0 aliphatic carbocycles. The van der Waals surface area contributed by atoms with Crippen molar-refractivity contribution >= 4 is 6.08 Å². The van der Waals surface area contributed by atoms with Crippen molar-refractivity contribution < 1.29 is 4.79 Å². The molecule has 0 aromatic carbocycles. The number of allylic oxidation sites excluding steroid dienone is 4. The molecule has 0 unspecified atom stereocenters. The maximum atomic E-state index is 9.80. The van der Waals surface area contributed by atoms with E-state index in [0.29, 0.717) is 5.70 Å². The van der Waals surface area contributed by atoms with Crippen molar-refractivity contribution in [2.75, 3.05) is 0 Å². The molecule has 0 saturated heterocycles. The van der Waals surface area contributed by atoms with E-state index in [1.54, 1.807) is 6.08 Å². The predicted molar refractivity (Wildman–Crippen MR) is 45.8 cm³/mol. The zero-order valence-electron chi connectivity index (χ0n) is 6.58. The lowest BCUT2D eigenvalue weighted by Gasteiger charge is -1.83. The molecule has 0 rings (SSSR count).